The molecule has 1 aliphatic heterocycles. The number of hydrogen-bond donors (Lipinski definition) is 2. The fourth-order valence-corrected chi connectivity index (χ4v) is 3.24. The molecule has 27 heavy (non-hydrogen) atoms. The van der Waals surface area contributed by atoms with Gasteiger partial charge < -0.3 is 15.5 Å². The molecule has 1 aliphatic rings. The van der Waals surface area contributed by atoms with E-state index in [4.69, 9.17) is 15.7 Å². The summed E-state index contributed by atoms with van der Waals surface area (Å²) >= 11 is 5.96. The van der Waals surface area contributed by atoms with Gasteiger partial charge in [0.05, 0.1) is 29.3 Å². The van der Waals surface area contributed by atoms with Crippen LogP contribution in [0.3, 0.4) is 0 Å². The van der Waals surface area contributed by atoms with Crippen LogP contribution in [0.25, 0.3) is 5.69 Å². The lowest BCUT2D eigenvalue weighted by atomic mass is 10.2. The predicted octanol–water partition coefficient (Wildman–Crippen LogP) is 2.07. The Morgan fingerprint density at radius 3 is 3.04 bits per heavy atom. The number of aryl methyl sites for hydroxylation is 1. The minimum Gasteiger partial charge on any atom is -0.364 e. The van der Waals surface area contributed by atoms with Gasteiger partial charge in [0, 0.05) is 30.4 Å². The first-order valence-corrected chi connectivity index (χ1v) is 8.39. The van der Waals surface area contributed by atoms with Gasteiger partial charge >= 0.3 is 0 Å². The molecule has 2 N–H and O–H groups in total. The summed E-state index contributed by atoms with van der Waals surface area (Å²) in [6.45, 7) is -0.143. The van der Waals surface area contributed by atoms with E-state index in [9.17, 15) is 4.79 Å². The number of carbonyl (C=O) groups is 1. The summed E-state index contributed by atoms with van der Waals surface area (Å²) in [5, 5.41) is 16.9. The summed E-state index contributed by atoms with van der Waals surface area (Å²) in [7, 11) is 1.91. The number of carbonyl (C=O) groups excluding carboxylic acids is 1. The summed E-state index contributed by atoms with van der Waals surface area (Å²) in [5.74, 6) is -0.481. The van der Waals surface area contributed by atoms with Crippen molar-refractivity contribution in [3.8, 4) is 5.69 Å². The number of pyridine rings is 1. The number of rotatable bonds is 3. The van der Waals surface area contributed by atoms with Gasteiger partial charge in [0.15, 0.2) is 16.7 Å². The van der Waals surface area contributed by atoms with Crippen LogP contribution in [-0.4, -0.2) is 44.9 Å². The zero-order chi connectivity index (χ0) is 21.6. The van der Waals surface area contributed by atoms with Gasteiger partial charge in [0.25, 0.3) is 5.91 Å². The second kappa shape index (κ2) is 6.51. The van der Waals surface area contributed by atoms with Gasteiger partial charge in [-0.05, 0) is 19.1 Å². The van der Waals surface area contributed by atoms with Crippen molar-refractivity contribution in [3.05, 3.63) is 46.6 Å². The number of anilines is 3. The maximum absolute atomic E-state index is 12.4. The van der Waals surface area contributed by atoms with Crippen molar-refractivity contribution in [1.82, 2.24) is 30.3 Å². The normalized spacial score (nSPS) is 14.5. The Morgan fingerprint density at radius 1 is 1.37 bits per heavy atom. The fourth-order valence-electron chi connectivity index (χ4n) is 3.10. The monoisotopic (exact) mass is 387 g/mol. The average molecular weight is 388 g/mol. The number of nitrogens with zero attached hydrogens (tertiary/aromatic N) is 6. The Morgan fingerprint density at radius 2 is 2.22 bits per heavy atom. The van der Waals surface area contributed by atoms with E-state index >= 15 is 0 Å². The van der Waals surface area contributed by atoms with E-state index in [-0.39, 0.29) is 16.5 Å². The molecule has 0 spiro atoms. The molecular weight excluding hydrogens is 368 g/mol. The number of nitrogens with one attached hydrogen (secondary N) is 2. The van der Waals surface area contributed by atoms with E-state index in [1.54, 1.807) is 6.20 Å². The first-order valence-electron chi connectivity index (χ1n) is 9.51. The Balaban J connectivity index is 1.77. The molecule has 0 atom stereocenters. The highest BCUT2D eigenvalue weighted by Crippen LogP contribution is 2.37. The van der Waals surface area contributed by atoms with E-state index < -0.39 is 12.9 Å². The Kier molecular flexibility index (Phi) is 3.36. The summed E-state index contributed by atoms with van der Waals surface area (Å²) in [5.41, 5.74) is 3.45. The number of aromatic nitrogens is 5. The number of fused-ring (bicyclic) bond motifs is 3. The van der Waals surface area contributed by atoms with E-state index in [2.05, 4.69) is 25.6 Å². The highest BCUT2D eigenvalue weighted by Gasteiger charge is 2.25. The van der Waals surface area contributed by atoms with E-state index in [1.165, 1.54) is 6.07 Å². The number of hydrogen-bond acceptors (Lipinski definition) is 7. The molecule has 3 aromatic heterocycles. The molecule has 3 aromatic rings. The molecule has 0 unspecified atom stereocenters. The first-order chi connectivity index (χ1) is 14.1. The minimum atomic E-state index is -2.67. The predicted molar refractivity (Wildman–Crippen MR) is 102 cm³/mol. The van der Waals surface area contributed by atoms with Crippen molar-refractivity contribution < 1.29 is 8.91 Å². The molecule has 0 fully saturated rings. The second-order valence-corrected chi connectivity index (χ2v) is 6.47. The minimum absolute atomic E-state index is 0.0334. The lowest BCUT2D eigenvalue weighted by Crippen LogP contribution is -2.27. The summed E-state index contributed by atoms with van der Waals surface area (Å²) in [6.07, 6.45) is 1.61. The molecule has 4 heterocycles. The Labute approximate surface area is 164 Å². The third-order valence-corrected chi connectivity index (χ3v) is 4.35. The Hall–Kier alpha value is -3.20. The number of amides is 1. The van der Waals surface area contributed by atoms with Crippen molar-refractivity contribution in [2.75, 3.05) is 24.2 Å². The summed E-state index contributed by atoms with van der Waals surface area (Å²) < 4.78 is 23.6. The third kappa shape index (κ3) is 2.95. The van der Waals surface area contributed by atoms with E-state index in [0.717, 1.165) is 22.8 Å². The average Bonchev–Trinajstić information content (AvgIpc) is 3.00. The molecule has 0 saturated heterocycles. The highest BCUT2D eigenvalue weighted by molar-refractivity contribution is 6.29. The fraction of sp³-hybridized carbons (Fsp3) is 0.235. The smallest absolute Gasteiger partial charge is 0.273 e. The summed E-state index contributed by atoms with van der Waals surface area (Å²) in [6, 6.07) is 5.24. The van der Waals surface area contributed by atoms with Crippen LogP contribution in [0.2, 0.25) is 5.15 Å². The van der Waals surface area contributed by atoms with Crippen LogP contribution >= 0.6 is 11.6 Å². The van der Waals surface area contributed by atoms with Crippen LogP contribution in [0.15, 0.2) is 24.4 Å². The molecule has 1 amide bonds. The molecule has 0 aliphatic carbocycles. The second-order valence-electron chi connectivity index (χ2n) is 6.08. The first kappa shape index (κ1) is 13.9. The lowest BCUT2D eigenvalue weighted by Gasteiger charge is -2.29. The largest absolute Gasteiger partial charge is 0.364 e. The quantitative estimate of drug-likeness (QED) is 0.709. The van der Waals surface area contributed by atoms with Crippen LogP contribution in [0.5, 0.6) is 0 Å². The van der Waals surface area contributed by atoms with Crippen molar-refractivity contribution in [1.29, 1.82) is 0 Å². The lowest BCUT2D eigenvalue weighted by molar-refractivity contribution is 0.0958. The van der Waals surface area contributed by atoms with Crippen LogP contribution < -0.4 is 15.5 Å². The van der Waals surface area contributed by atoms with Gasteiger partial charge in [-0.3, -0.25) is 4.79 Å². The molecule has 0 aromatic carbocycles. The highest BCUT2D eigenvalue weighted by atomic mass is 35.5. The zero-order valence-corrected chi connectivity index (χ0v) is 15.2. The van der Waals surface area contributed by atoms with Crippen molar-refractivity contribution >= 4 is 34.7 Å². The van der Waals surface area contributed by atoms with Crippen LogP contribution in [0.1, 0.15) is 26.0 Å². The maximum Gasteiger partial charge on any atom is 0.273 e. The molecule has 10 heteroatoms. The van der Waals surface area contributed by atoms with Gasteiger partial charge in [-0.2, -0.15) is 5.10 Å². The molecule has 0 bridgehead atoms. The number of halogens is 1. The van der Waals surface area contributed by atoms with Crippen molar-refractivity contribution in [2.24, 2.45) is 0 Å². The van der Waals surface area contributed by atoms with Gasteiger partial charge in [-0.25, -0.2) is 9.67 Å². The topological polar surface area (TPSA) is 101 Å². The van der Waals surface area contributed by atoms with E-state index in [1.807, 2.05) is 41.0 Å². The van der Waals surface area contributed by atoms with Crippen molar-refractivity contribution in [3.63, 3.8) is 0 Å². The van der Waals surface area contributed by atoms with E-state index in [0.29, 0.717) is 12.4 Å². The molecular formula is C17H17ClN8O. The molecule has 9 nitrogen and oxygen atoms in total. The van der Waals surface area contributed by atoms with Crippen LogP contribution in [0.4, 0.5) is 17.2 Å². The Bertz CT molecular complexity index is 1150. The van der Waals surface area contributed by atoms with Crippen LogP contribution in [0, 0.1) is 6.92 Å². The zero-order valence-electron chi connectivity index (χ0n) is 17.5. The third-order valence-electron chi connectivity index (χ3n) is 4.16. The molecule has 4 rings (SSSR count). The van der Waals surface area contributed by atoms with Gasteiger partial charge in [0.2, 0.25) is 0 Å². The van der Waals surface area contributed by atoms with Gasteiger partial charge in [-0.1, -0.05) is 11.6 Å². The maximum atomic E-state index is 12.4. The van der Waals surface area contributed by atoms with Gasteiger partial charge in [0.1, 0.15) is 5.69 Å². The molecule has 0 radical (unpaired) electrons. The summed E-state index contributed by atoms with van der Waals surface area (Å²) in [4.78, 5) is 18.8. The molecule has 0 saturated carbocycles. The SMILES string of the molecule is [2H]C([2H])([2H])NC(=O)c1nnc(Cl)cc1Nc1nccc2c1N(C)Cc1cc(C)nn1-2. The van der Waals surface area contributed by atoms with Crippen molar-refractivity contribution in [2.45, 2.75) is 13.5 Å². The van der Waals surface area contributed by atoms with Gasteiger partial charge in [-0.15, -0.1) is 10.2 Å². The molecule has 138 valence electrons. The van der Waals surface area contributed by atoms with Crippen LogP contribution in [-0.2, 0) is 6.54 Å². The standard InChI is InChI=1S/C17H17ClN8O/c1-9-6-10-8-25(3)15-12(26(10)24-9)4-5-20-16(15)21-11-7-13(18)22-23-14(11)17(27)19-2/h4-7H,8H2,1-3H3,(H,19,27)(H,20,21,22)/i2D3.